The van der Waals surface area contributed by atoms with Crippen molar-refractivity contribution in [1.82, 2.24) is 0 Å². The molecule has 12 atom stereocenters. The Bertz CT molecular complexity index is 940. The summed E-state index contributed by atoms with van der Waals surface area (Å²) in [6.45, 7) is 1.87. The maximum absolute atomic E-state index is 12.0. The summed E-state index contributed by atoms with van der Waals surface area (Å²) in [6, 6.07) is 0. The van der Waals surface area contributed by atoms with E-state index in [4.69, 9.17) is 39.5 Å². The van der Waals surface area contributed by atoms with Crippen molar-refractivity contribution in [2.24, 2.45) is 47.3 Å². The minimum atomic E-state index is -0.152. The second kappa shape index (κ2) is 19.6. The average molecular weight is 759 g/mol. The summed E-state index contributed by atoms with van der Waals surface area (Å²) in [5.74, 6) is 12.9. The van der Waals surface area contributed by atoms with Crippen molar-refractivity contribution in [2.75, 3.05) is 48.6 Å². The highest BCUT2D eigenvalue weighted by Gasteiger charge is 2.56. The standard InChI is InChI=1S/C38H62O5S5/c39-37(42-10-4-13-46-12-3-9-41-35-19-25-17-33(35)31-23-27(44)21-29(25)31)7-1-2-8-38(40)43-11-5-14-47-15-6-16-48-36-20-26-18-34(36)32-24-28(45)22-30(26)32/h25-36,44-45H,1-24H2. The number of unbranched alkanes of at least 4 members (excludes halogenated alkanes) is 1. The van der Waals surface area contributed by atoms with E-state index in [-0.39, 0.29) is 11.9 Å². The number of ether oxygens (including phenoxy) is 3. The van der Waals surface area contributed by atoms with Crippen LogP contribution in [0, 0.1) is 47.3 Å². The molecule has 0 aromatic heterocycles. The van der Waals surface area contributed by atoms with Gasteiger partial charge < -0.3 is 14.2 Å². The van der Waals surface area contributed by atoms with Gasteiger partial charge in [-0.3, -0.25) is 9.59 Å². The minimum Gasteiger partial charge on any atom is -0.466 e. The first-order valence-electron chi connectivity index (χ1n) is 19.5. The Kier molecular flexibility index (Phi) is 15.7. The fourth-order valence-corrected chi connectivity index (χ4v) is 15.2. The monoisotopic (exact) mass is 758 g/mol. The predicted octanol–water partition coefficient (Wildman–Crippen LogP) is 8.88. The van der Waals surface area contributed by atoms with Crippen LogP contribution in [0.3, 0.4) is 0 Å². The molecule has 6 rings (SSSR count). The fraction of sp³-hybridized carbons (Fsp3) is 0.947. The normalized spacial score (nSPS) is 37.3. The van der Waals surface area contributed by atoms with Crippen molar-refractivity contribution in [3.63, 3.8) is 0 Å². The molecule has 4 bridgehead atoms. The number of carbonyl (C=O) groups is 2. The Hall–Kier alpha value is 0.650. The van der Waals surface area contributed by atoms with E-state index >= 15 is 0 Å². The highest BCUT2D eigenvalue weighted by molar-refractivity contribution is 8.00. The van der Waals surface area contributed by atoms with E-state index in [0.29, 0.717) is 55.5 Å². The number of carbonyl (C=O) groups excluding carboxylic acids is 2. The van der Waals surface area contributed by atoms with Gasteiger partial charge in [0.05, 0.1) is 19.3 Å². The van der Waals surface area contributed by atoms with Crippen LogP contribution in [-0.2, 0) is 23.8 Å². The Morgan fingerprint density at radius 1 is 0.521 bits per heavy atom. The molecule has 0 heterocycles. The summed E-state index contributed by atoms with van der Waals surface area (Å²) in [4.78, 5) is 24.1. The number of esters is 2. The number of fused-ring (bicyclic) bond motifs is 10. The van der Waals surface area contributed by atoms with E-state index in [2.05, 4.69) is 11.8 Å². The molecule has 0 radical (unpaired) electrons. The predicted molar refractivity (Wildman–Crippen MR) is 210 cm³/mol. The smallest absolute Gasteiger partial charge is 0.305 e. The number of rotatable bonds is 23. The zero-order valence-electron chi connectivity index (χ0n) is 29.1. The molecule has 0 spiro atoms. The van der Waals surface area contributed by atoms with Crippen LogP contribution in [0.25, 0.3) is 0 Å². The van der Waals surface area contributed by atoms with Crippen molar-refractivity contribution in [1.29, 1.82) is 0 Å². The maximum Gasteiger partial charge on any atom is 0.305 e. The molecule has 12 unspecified atom stereocenters. The van der Waals surface area contributed by atoms with Crippen LogP contribution >= 0.6 is 60.5 Å². The third kappa shape index (κ3) is 10.6. The lowest BCUT2D eigenvalue weighted by molar-refractivity contribution is -0.145. The molecule has 48 heavy (non-hydrogen) atoms. The Labute approximate surface area is 315 Å². The van der Waals surface area contributed by atoms with E-state index in [1.165, 1.54) is 69.3 Å². The lowest BCUT2D eigenvalue weighted by atomic mass is 9.80. The fourth-order valence-electron chi connectivity index (χ4n) is 10.7. The summed E-state index contributed by atoms with van der Waals surface area (Å²) < 4.78 is 17.1. The highest BCUT2D eigenvalue weighted by atomic mass is 32.2. The van der Waals surface area contributed by atoms with E-state index < -0.39 is 0 Å². The van der Waals surface area contributed by atoms with E-state index in [1.807, 2.05) is 23.5 Å². The Morgan fingerprint density at radius 3 is 1.69 bits per heavy atom. The van der Waals surface area contributed by atoms with Gasteiger partial charge in [0, 0.05) is 35.2 Å². The summed E-state index contributed by atoms with van der Waals surface area (Å²) >= 11 is 15.7. The quantitative estimate of drug-likeness (QED) is 0.0609. The van der Waals surface area contributed by atoms with E-state index in [1.54, 1.807) is 0 Å². The Morgan fingerprint density at radius 2 is 1.04 bits per heavy atom. The van der Waals surface area contributed by atoms with Crippen LogP contribution in [0.1, 0.15) is 103 Å². The SMILES string of the molecule is O=C(CCCCC(=O)OCCCSCCCSC1CC2CC1C1CC(S)CC21)OCCCSCCCOC1CC2CC1C1CC(S)CC21. The van der Waals surface area contributed by atoms with Gasteiger partial charge in [-0.05, 0) is 166 Å². The molecule has 0 amide bonds. The number of hydrogen-bond donors (Lipinski definition) is 2. The Balaban J connectivity index is 0.653. The molecule has 274 valence electrons. The van der Waals surface area contributed by atoms with Gasteiger partial charge in [-0.15, -0.1) is 0 Å². The van der Waals surface area contributed by atoms with E-state index in [0.717, 1.165) is 95.7 Å². The topological polar surface area (TPSA) is 61.8 Å². The second-order valence-electron chi connectivity index (χ2n) is 15.8. The van der Waals surface area contributed by atoms with Gasteiger partial charge in [0.15, 0.2) is 0 Å². The van der Waals surface area contributed by atoms with Crippen LogP contribution in [0.5, 0.6) is 0 Å². The van der Waals surface area contributed by atoms with Gasteiger partial charge in [-0.2, -0.15) is 60.5 Å². The summed E-state index contributed by atoms with van der Waals surface area (Å²) in [5, 5.41) is 2.21. The van der Waals surface area contributed by atoms with Gasteiger partial charge in [0.25, 0.3) is 0 Å². The molecule has 6 saturated carbocycles. The van der Waals surface area contributed by atoms with Gasteiger partial charge in [0.1, 0.15) is 0 Å². The molecule has 6 fully saturated rings. The van der Waals surface area contributed by atoms with Gasteiger partial charge in [-0.25, -0.2) is 0 Å². The van der Waals surface area contributed by atoms with Crippen molar-refractivity contribution >= 4 is 72.5 Å². The molecule has 0 N–H and O–H groups in total. The molecule has 0 aromatic carbocycles. The van der Waals surface area contributed by atoms with Crippen LogP contribution in [-0.4, -0.2) is 82.4 Å². The van der Waals surface area contributed by atoms with E-state index in [9.17, 15) is 9.59 Å². The van der Waals surface area contributed by atoms with Gasteiger partial charge in [-0.1, -0.05) is 0 Å². The molecular formula is C38H62O5S5. The molecule has 0 saturated heterocycles. The molecule has 5 nitrogen and oxygen atoms in total. The van der Waals surface area contributed by atoms with Crippen molar-refractivity contribution < 1.29 is 23.8 Å². The minimum absolute atomic E-state index is 0.142. The van der Waals surface area contributed by atoms with Gasteiger partial charge in [0.2, 0.25) is 0 Å². The van der Waals surface area contributed by atoms with Crippen LogP contribution in [0.15, 0.2) is 0 Å². The molecule has 0 aromatic rings. The lowest BCUT2D eigenvalue weighted by Gasteiger charge is -2.31. The largest absolute Gasteiger partial charge is 0.466 e. The van der Waals surface area contributed by atoms with Crippen LogP contribution < -0.4 is 0 Å². The molecule has 10 heteroatoms. The van der Waals surface area contributed by atoms with Gasteiger partial charge >= 0.3 is 11.9 Å². The highest BCUT2D eigenvalue weighted by Crippen LogP contribution is 2.62. The molecular weight excluding hydrogens is 697 g/mol. The summed E-state index contributed by atoms with van der Waals surface area (Å²) in [6.07, 6.45) is 17.9. The third-order valence-electron chi connectivity index (χ3n) is 12.7. The molecule has 0 aliphatic heterocycles. The van der Waals surface area contributed by atoms with Crippen molar-refractivity contribution in [3.05, 3.63) is 0 Å². The molecule has 6 aliphatic rings. The zero-order valence-corrected chi connectivity index (χ0v) is 33.3. The van der Waals surface area contributed by atoms with Crippen molar-refractivity contribution in [3.8, 4) is 0 Å². The molecule has 6 aliphatic carbocycles. The summed E-state index contributed by atoms with van der Waals surface area (Å²) in [7, 11) is 0. The van der Waals surface area contributed by atoms with Crippen LogP contribution in [0.2, 0.25) is 0 Å². The maximum atomic E-state index is 12.0. The third-order valence-corrected chi connectivity index (χ3v) is 17.3. The number of thioether (sulfide) groups is 3. The van der Waals surface area contributed by atoms with Crippen molar-refractivity contribution in [2.45, 2.75) is 125 Å². The van der Waals surface area contributed by atoms with Crippen LogP contribution in [0.4, 0.5) is 0 Å². The summed E-state index contributed by atoms with van der Waals surface area (Å²) in [5.41, 5.74) is 0. The average Bonchev–Trinajstić information content (AvgIpc) is 3.91. The number of thiol groups is 2. The second-order valence-corrected chi connectivity index (χ2v) is 21.1. The lowest BCUT2D eigenvalue weighted by Crippen LogP contribution is -2.30. The number of hydrogen-bond acceptors (Lipinski definition) is 10. The first-order valence-corrected chi connectivity index (χ1v) is 23.9. The first kappa shape index (κ1) is 38.4. The first-order chi connectivity index (χ1) is 23.5. The zero-order chi connectivity index (χ0) is 33.3.